The van der Waals surface area contributed by atoms with Crippen molar-refractivity contribution in [2.75, 3.05) is 41.6 Å². The Hall–Kier alpha value is -3.26. The lowest BCUT2D eigenvalue weighted by atomic mass is 9.68. The molecule has 0 radical (unpaired) electrons. The van der Waals surface area contributed by atoms with Crippen LogP contribution in [0.5, 0.6) is 23.0 Å². The van der Waals surface area contributed by atoms with Gasteiger partial charge in [0.05, 0.1) is 33.5 Å². The summed E-state index contributed by atoms with van der Waals surface area (Å²) < 4.78 is 29.6. The zero-order valence-electron chi connectivity index (χ0n) is 21.2. The molecule has 0 saturated heterocycles. The van der Waals surface area contributed by atoms with Crippen molar-refractivity contribution in [3.63, 3.8) is 0 Å². The predicted molar refractivity (Wildman–Crippen MR) is 138 cm³/mol. The fourth-order valence-electron chi connectivity index (χ4n) is 6.24. The van der Waals surface area contributed by atoms with Gasteiger partial charge in [0.25, 0.3) is 0 Å². The number of hydrogen-bond donors (Lipinski definition) is 2. The van der Waals surface area contributed by atoms with Crippen molar-refractivity contribution in [3.05, 3.63) is 83.4 Å². The van der Waals surface area contributed by atoms with Gasteiger partial charge in [0.1, 0.15) is 28.5 Å². The van der Waals surface area contributed by atoms with E-state index in [1.807, 2.05) is 30.3 Å². The van der Waals surface area contributed by atoms with E-state index in [9.17, 15) is 0 Å². The van der Waals surface area contributed by atoms with Crippen LogP contribution >= 0.6 is 0 Å². The second-order valence-corrected chi connectivity index (χ2v) is 9.30. The molecule has 1 heterocycles. The SMILES string of the molecule is COCCN[C@]12c3c(OC)cc(OC)cc3O[C@@]1(c1ccc(OC)cc1)[C@H](c1ccccc1)C[C@@H]2N. The lowest BCUT2D eigenvalue weighted by Gasteiger charge is -2.45. The molecule has 4 atom stereocenters. The minimum absolute atomic E-state index is 0.0414. The van der Waals surface area contributed by atoms with Crippen LogP contribution in [0, 0.1) is 0 Å². The Morgan fingerprint density at radius 2 is 1.64 bits per heavy atom. The molecule has 3 aromatic carbocycles. The van der Waals surface area contributed by atoms with E-state index in [1.165, 1.54) is 0 Å². The summed E-state index contributed by atoms with van der Waals surface area (Å²) in [6.07, 6.45) is 0.713. The number of hydrogen-bond acceptors (Lipinski definition) is 7. The Morgan fingerprint density at radius 3 is 2.28 bits per heavy atom. The highest BCUT2D eigenvalue weighted by atomic mass is 16.5. The van der Waals surface area contributed by atoms with E-state index in [2.05, 4.69) is 41.7 Å². The maximum Gasteiger partial charge on any atom is 0.165 e. The third-order valence-electron chi connectivity index (χ3n) is 7.71. The summed E-state index contributed by atoms with van der Waals surface area (Å²) in [7, 11) is 6.67. The van der Waals surface area contributed by atoms with Crippen LogP contribution in [0.25, 0.3) is 0 Å². The van der Waals surface area contributed by atoms with Gasteiger partial charge in [-0.15, -0.1) is 0 Å². The number of methoxy groups -OCH3 is 4. The van der Waals surface area contributed by atoms with Gasteiger partial charge >= 0.3 is 0 Å². The normalized spacial score (nSPS) is 26.1. The molecule has 0 spiro atoms. The molecule has 1 saturated carbocycles. The first-order chi connectivity index (χ1) is 17.5. The van der Waals surface area contributed by atoms with Crippen LogP contribution in [0.15, 0.2) is 66.7 Å². The quantitative estimate of drug-likeness (QED) is 0.440. The molecule has 0 bridgehead atoms. The predicted octanol–water partition coefficient (Wildman–Crippen LogP) is 3.95. The molecule has 5 rings (SSSR count). The van der Waals surface area contributed by atoms with Gasteiger partial charge in [-0.2, -0.15) is 0 Å². The van der Waals surface area contributed by atoms with Crippen LogP contribution < -0.4 is 30.0 Å². The average molecular weight is 491 g/mol. The number of nitrogens with two attached hydrogens (primary N) is 1. The zero-order valence-corrected chi connectivity index (χ0v) is 21.2. The van der Waals surface area contributed by atoms with Crippen LogP contribution in [0.2, 0.25) is 0 Å². The summed E-state index contributed by atoms with van der Waals surface area (Å²) in [4.78, 5) is 0. The minimum atomic E-state index is -0.865. The van der Waals surface area contributed by atoms with Gasteiger partial charge in [-0.05, 0) is 29.7 Å². The summed E-state index contributed by atoms with van der Waals surface area (Å²) >= 11 is 0. The number of nitrogens with one attached hydrogen (secondary N) is 1. The van der Waals surface area contributed by atoms with Crippen molar-refractivity contribution in [3.8, 4) is 23.0 Å². The summed E-state index contributed by atoms with van der Waals surface area (Å²) in [5.41, 5.74) is 8.57. The molecule has 2 aliphatic rings. The van der Waals surface area contributed by atoms with E-state index < -0.39 is 11.1 Å². The van der Waals surface area contributed by atoms with E-state index in [4.69, 9.17) is 29.4 Å². The first-order valence-corrected chi connectivity index (χ1v) is 12.2. The summed E-state index contributed by atoms with van der Waals surface area (Å²) in [6.45, 7) is 1.11. The highest BCUT2D eigenvalue weighted by Gasteiger charge is 2.73. The maximum absolute atomic E-state index is 7.16. The molecule has 1 aliphatic carbocycles. The molecule has 0 amide bonds. The monoisotopic (exact) mass is 490 g/mol. The lowest BCUT2D eigenvalue weighted by molar-refractivity contribution is -0.00392. The van der Waals surface area contributed by atoms with Crippen molar-refractivity contribution < 1.29 is 23.7 Å². The Balaban J connectivity index is 1.82. The second-order valence-electron chi connectivity index (χ2n) is 9.30. The van der Waals surface area contributed by atoms with E-state index in [-0.39, 0.29) is 12.0 Å². The van der Waals surface area contributed by atoms with Gasteiger partial charge in [0, 0.05) is 37.7 Å². The minimum Gasteiger partial charge on any atom is -0.497 e. The number of benzene rings is 3. The summed E-state index contributed by atoms with van der Waals surface area (Å²) in [5.74, 6) is 2.77. The van der Waals surface area contributed by atoms with Crippen molar-refractivity contribution in [2.24, 2.45) is 5.73 Å². The molecule has 3 N–H and O–H groups in total. The average Bonchev–Trinajstić information content (AvgIpc) is 3.36. The Morgan fingerprint density at radius 1 is 0.917 bits per heavy atom. The Bertz CT molecular complexity index is 1200. The van der Waals surface area contributed by atoms with Crippen molar-refractivity contribution in [2.45, 2.75) is 29.5 Å². The van der Waals surface area contributed by atoms with E-state index in [1.54, 1.807) is 28.4 Å². The number of ether oxygens (including phenoxy) is 5. The standard InChI is InChI=1S/C29H34N2O5/c1-32-15-14-31-28-26(30)18-23(19-8-6-5-7-9-19)29(28,20-10-12-21(33-2)13-11-20)36-25-17-22(34-3)16-24(35-4)27(25)28/h5-13,16-17,23,26,31H,14-15,18,30H2,1-4H3/t23-,26-,28+,29-/m0/s1. The van der Waals surface area contributed by atoms with E-state index in [0.717, 1.165) is 22.4 Å². The Kier molecular flexibility index (Phi) is 6.55. The van der Waals surface area contributed by atoms with Gasteiger partial charge in [0.15, 0.2) is 5.60 Å². The molecule has 7 heteroatoms. The highest BCUT2D eigenvalue weighted by molar-refractivity contribution is 5.64. The highest BCUT2D eigenvalue weighted by Crippen LogP contribution is 2.68. The third-order valence-corrected chi connectivity index (χ3v) is 7.71. The third kappa shape index (κ3) is 3.45. The smallest absolute Gasteiger partial charge is 0.165 e. The van der Waals surface area contributed by atoms with Gasteiger partial charge in [0.2, 0.25) is 0 Å². The number of fused-ring (bicyclic) bond motifs is 3. The van der Waals surface area contributed by atoms with E-state index in [0.29, 0.717) is 36.8 Å². The zero-order chi connectivity index (χ0) is 25.3. The number of rotatable bonds is 9. The molecule has 36 heavy (non-hydrogen) atoms. The first-order valence-electron chi connectivity index (χ1n) is 12.2. The van der Waals surface area contributed by atoms with Gasteiger partial charge < -0.3 is 29.4 Å². The van der Waals surface area contributed by atoms with Crippen molar-refractivity contribution in [1.82, 2.24) is 5.32 Å². The van der Waals surface area contributed by atoms with Crippen molar-refractivity contribution in [1.29, 1.82) is 0 Å². The molecule has 190 valence electrons. The molecule has 3 aromatic rings. The van der Waals surface area contributed by atoms with Gasteiger partial charge in [-0.25, -0.2) is 0 Å². The van der Waals surface area contributed by atoms with E-state index >= 15 is 0 Å². The van der Waals surface area contributed by atoms with Crippen molar-refractivity contribution >= 4 is 0 Å². The molecule has 0 aromatic heterocycles. The maximum atomic E-state index is 7.16. The van der Waals surface area contributed by atoms with Crippen LogP contribution in [-0.4, -0.2) is 47.6 Å². The van der Waals surface area contributed by atoms with Gasteiger partial charge in [-0.1, -0.05) is 42.5 Å². The molecule has 0 unspecified atom stereocenters. The fourth-order valence-corrected chi connectivity index (χ4v) is 6.24. The molecular formula is C29H34N2O5. The molecule has 7 nitrogen and oxygen atoms in total. The first kappa shape index (κ1) is 24.4. The van der Waals surface area contributed by atoms with Crippen LogP contribution in [-0.2, 0) is 15.9 Å². The van der Waals surface area contributed by atoms with Crippen LogP contribution in [0.4, 0.5) is 0 Å². The second kappa shape index (κ2) is 9.65. The summed E-state index contributed by atoms with van der Waals surface area (Å²) in [6, 6.07) is 22.1. The molecule has 1 fully saturated rings. The van der Waals surface area contributed by atoms with Crippen LogP contribution in [0.1, 0.15) is 29.0 Å². The molecule has 1 aliphatic heterocycles. The van der Waals surface area contributed by atoms with Crippen LogP contribution in [0.3, 0.4) is 0 Å². The van der Waals surface area contributed by atoms with Gasteiger partial charge in [-0.3, -0.25) is 5.32 Å². The fraction of sp³-hybridized carbons (Fsp3) is 0.379. The Labute approximate surface area is 212 Å². The topological polar surface area (TPSA) is 84.2 Å². The summed E-state index contributed by atoms with van der Waals surface area (Å²) in [5, 5.41) is 3.82. The largest absolute Gasteiger partial charge is 0.497 e. The molecular weight excluding hydrogens is 456 g/mol. The lowest BCUT2D eigenvalue weighted by Crippen LogP contribution is -2.63.